The normalized spacial score (nSPS) is 21.3. The minimum absolute atomic E-state index is 0.122. The lowest BCUT2D eigenvalue weighted by Crippen LogP contribution is -2.31. The van der Waals surface area contributed by atoms with E-state index >= 15 is 0 Å². The summed E-state index contributed by atoms with van der Waals surface area (Å²) in [4.78, 5) is 11.3. The van der Waals surface area contributed by atoms with Crippen molar-refractivity contribution in [3.05, 3.63) is 0 Å². The lowest BCUT2D eigenvalue weighted by Gasteiger charge is -2.19. The van der Waals surface area contributed by atoms with Gasteiger partial charge in [0.15, 0.2) is 6.10 Å². The molecule has 0 spiro atoms. The molecule has 0 aliphatic heterocycles. The summed E-state index contributed by atoms with van der Waals surface area (Å²) in [5.41, 5.74) is 0. The van der Waals surface area contributed by atoms with E-state index in [1.807, 2.05) is 0 Å². The van der Waals surface area contributed by atoms with Crippen LogP contribution in [0.1, 0.15) is 45.4 Å². The van der Waals surface area contributed by atoms with Crippen molar-refractivity contribution < 1.29 is 14.6 Å². The molecule has 1 atom stereocenters. The largest absolute Gasteiger partial charge is 0.464 e. The van der Waals surface area contributed by atoms with Gasteiger partial charge in [-0.2, -0.15) is 0 Å². The predicted octanol–water partition coefficient (Wildman–Crippen LogP) is 1.88. The first-order valence-electron chi connectivity index (χ1n) is 5.60. The third-order valence-electron chi connectivity index (χ3n) is 2.87. The summed E-state index contributed by atoms with van der Waals surface area (Å²) in [6.07, 6.45) is 5.73. The maximum absolute atomic E-state index is 11.3. The molecule has 1 saturated carbocycles. The first-order chi connectivity index (χ1) is 6.75. The zero-order valence-electron chi connectivity index (χ0n) is 8.87. The second-order valence-electron chi connectivity index (χ2n) is 3.95. The van der Waals surface area contributed by atoms with Crippen LogP contribution >= 0.6 is 0 Å². The Balaban J connectivity index is 2.40. The monoisotopic (exact) mass is 200 g/mol. The first-order valence-corrected chi connectivity index (χ1v) is 5.60. The average Bonchev–Trinajstić information content (AvgIpc) is 2.45. The van der Waals surface area contributed by atoms with Gasteiger partial charge in [0.25, 0.3) is 0 Å². The fourth-order valence-electron chi connectivity index (χ4n) is 2.05. The van der Waals surface area contributed by atoms with E-state index in [-0.39, 0.29) is 5.92 Å². The highest BCUT2D eigenvalue weighted by atomic mass is 16.5. The lowest BCUT2D eigenvalue weighted by atomic mass is 9.94. The van der Waals surface area contributed by atoms with Gasteiger partial charge in [-0.05, 0) is 25.7 Å². The number of esters is 1. The molecule has 1 unspecified atom stereocenters. The standard InChI is InChI=1S/C11H20O3/c1-2-14-11(13)10(12)9-7-5-3-4-6-8-9/h9-10,12H,2-8H2,1H3. The molecule has 0 aromatic rings. The van der Waals surface area contributed by atoms with Crippen LogP contribution in [0.3, 0.4) is 0 Å². The number of carbonyl (C=O) groups is 1. The minimum atomic E-state index is -0.895. The Morgan fingerprint density at radius 2 is 1.93 bits per heavy atom. The van der Waals surface area contributed by atoms with E-state index in [2.05, 4.69) is 0 Å². The number of ether oxygens (including phenoxy) is 1. The molecule has 0 aromatic carbocycles. The van der Waals surface area contributed by atoms with Crippen LogP contribution in [0.2, 0.25) is 0 Å². The van der Waals surface area contributed by atoms with Gasteiger partial charge in [0.1, 0.15) is 0 Å². The molecule has 0 saturated heterocycles. The third-order valence-corrected chi connectivity index (χ3v) is 2.87. The maximum atomic E-state index is 11.3. The van der Waals surface area contributed by atoms with E-state index < -0.39 is 12.1 Å². The van der Waals surface area contributed by atoms with Crippen LogP contribution < -0.4 is 0 Å². The Hall–Kier alpha value is -0.570. The van der Waals surface area contributed by atoms with Crippen LogP contribution in [0.25, 0.3) is 0 Å². The molecule has 0 heterocycles. The van der Waals surface area contributed by atoms with Gasteiger partial charge in [0.2, 0.25) is 0 Å². The van der Waals surface area contributed by atoms with Crippen LogP contribution in [0.15, 0.2) is 0 Å². The molecule has 3 nitrogen and oxygen atoms in total. The molecule has 1 N–H and O–H groups in total. The fraction of sp³-hybridized carbons (Fsp3) is 0.909. The Labute approximate surface area is 85.5 Å². The Morgan fingerprint density at radius 1 is 1.36 bits per heavy atom. The van der Waals surface area contributed by atoms with Gasteiger partial charge in [0.05, 0.1) is 6.61 Å². The smallest absolute Gasteiger partial charge is 0.335 e. The number of hydrogen-bond donors (Lipinski definition) is 1. The van der Waals surface area contributed by atoms with Gasteiger partial charge in [0, 0.05) is 0 Å². The second kappa shape index (κ2) is 6.02. The summed E-state index contributed by atoms with van der Waals surface area (Å²) in [6, 6.07) is 0. The van der Waals surface area contributed by atoms with Gasteiger partial charge >= 0.3 is 5.97 Å². The summed E-state index contributed by atoms with van der Waals surface area (Å²) in [7, 11) is 0. The Morgan fingerprint density at radius 3 is 2.43 bits per heavy atom. The molecule has 1 aliphatic rings. The first kappa shape index (κ1) is 11.5. The van der Waals surface area contributed by atoms with E-state index in [9.17, 15) is 9.90 Å². The summed E-state index contributed by atoms with van der Waals surface area (Å²) in [5, 5.41) is 9.72. The van der Waals surface area contributed by atoms with Crippen molar-refractivity contribution in [3.8, 4) is 0 Å². The number of rotatable bonds is 3. The van der Waals surface area contributed by atoms with Gasteiger partial charge in [-0.1, -0.05) is 25.7 Å². The zero-order valence-corrected chi connectivity index (χ0v) is 8.87. The van der Waals surface area contributed by atoms with Crippen molar-refractivity contribution in [1.29, 1.82) is 0 Å². The minimum Gasteiger partial charge on any atom is -0.464 e. The van der Waals surface area contributed by atoms with Crippen LogP contribution in [0.4, 0.5) is 0 Å². The molecule has 1 rings (SSSR count). The Kier molecular flexibility index (Phi) is 4.94. The molecule has 1 fully saturated rings. The molecule has 0 amide bonds. The van der Waals surface area contributed by atoms with E-state index in [0.29, 0.717) is 6.61 Å². The molecular weight excluding hydrogens is 180 g/mol. The highest BCUT2D eigenvalue weighted by Crippen LogP contribution is 2.25. The van der Waals surface area contributed by atoms with E-state index in [4.69, 9.17) is 4.74 Å². The molecule has 3 heteroatoms. The van der Waals surface area contributed by atoms with E-state index in [1.165, 1.54) is 12.8 Å². The van der Waals surface area contributed by atoms with Crippen LogP contribution in [-0.2, 0) is 9.53 Å². The summed E-state index contributed by atoms with van der Waals surface area (Å²) >= 11 is 0. The number of aliphatic hydroxyl groups is 1. The summed E-state index contributed by atoms with van der Waals surface area (Å²) < 4.78 is 4.81. The number of carbonyl (C=O) groups excluding carboxylic acids is 1. The SMILES string of the molecule is CCOC(=O)C(O)C1CCCCCC1. The van der Waals surface area contributed by atoms with Gasteiger partial charge in [-0.3, -0.25) is 0 Å². The fourth-order valence-corrected chi connectivity index (χ4v) is 2.05. The van der Waals surface area contributed by atoms with Gasteiger partial charge in [-0.15, -0.1) is 0 Å². The van der Waals surface area contributed by atoms with Gasteiger partial charge < -0.3 is 9.84 Å². The number of hydrogen-bond acceptors (Lipinski definition) is 3. The third kappa shape index (κ3) is 3.29. The summed E-state index contributed by atoms with van der Waals surface area (Å²) in [6.45, 7) is 2.11. The van der Waals surface area contributed by atoms with Crippen molar-refractivity contribution in [2.24, 2.45) is 5.92 Å². The van der Waals surface area contributed by atoms with Crippen molar-refractivity contribution in [2.45, 2.75) is 51.6 Å². The quantitative estimate of drug-likeness (QED) is 0.559. The van der Waals surface area contributed by atoms with E-state index in [0.717, 1.165) is 25.7 Å². The molecule has 0 aromatic heterocycles. The van der Waals surface area contributed by atoms with Crippen molar-refractivity contribution in [2.75, 3.05) is 6.61 Å². The van der Waals surface area contributed by atoms with Crippen molar-refractivity contribution in [1.82, 2.24) is 0 Å². The van der Waals surface area contributed by atoms with Crippen LogP contribution in [0.5, 0.6) is 0 Å². The van der Waals surface area contributed by atoms with Crippen molar-refractivity contribution >= 4 is 5.97 Å². The van der Waals surface area contributed by atoms with Crippen LogP contribution in [0, 0.1) is 5.92 Å². The predicted molar refractivity (Wildman–Crippen MR) is 53.8 cm³/mol. The molecule has 14 heavy (non-hydrogen) atoms. The highest BCUT2D eigenvalue weighted by molar-refractivity contribution is 5.74. The highest BCUT2D eigenvalue weighted by Gasteiger charge is 2.27. The topological polar surface area (TPSA) is 46.5 Å². The molecular formula is C11H20O3. The van der Waals surface area contributed by atoms with E-state index in [1.54, 1.807) is 6.92 Å². The molecule has 0 bridgehead atoms. The van der Waals surface area contributed by atoms with Crippen molar-refractivity contribution in [3.63, 3.8) is 0 Å². The van der Waals surface area contributed by atoms with Gasteiger partial charge in [-0.25, -0.2) is 4.79 Å². The average molecular weight is 200 g/mol. The zero-order chi connectivity index (χ0) is 10.4. The van der Waals surface area contributed by atoms with Crippen LogP contribution in [-0.4, -0.2) is 23.8 Å². The number of aliphatic hydroxyl groups excluding tert-OH is 1. The summed E-state index contributed by atoms with van der Waals surface area (Å²) in [5.74, 6) is -0.323. The molecule has 1 aliphatic carbocycles. The maximum Gasteiger partial charge on any atom is 0.335 e. The Bertz CT molecular complexity index is 171. The lowest BCUT2D eigenvalue weighted by molar-refractivity contribution is -0.156. The molecule has 0 radical (unpaired) electrons. The molecule has 82 valence electrons. The second-order valence-corrected chi connectivity index (χ2v) is 3.95.